The van der Waals surface area contributed by atoms with Gasteiger partial charge in [0.05, 0.1) is 18.3 Å². The van der Waals surface area contributed by atoms with Gasteiger partial charge in [-0.3, -0.25) is 19.4 Å². The van der Waals surface area contributed by atoms with Gasteiger partial charge in [-0.25, -0.2) is 8.42 Å². The van der Waals surface area contributed by atoms with E-state index in [9.17, 15) is 13.2 Å². The molecule has 1 aliphatic heterocycles. The molecule has 3 aromatic carbocycles. The van der Waals surface area contributed by atoms with Crippen molar-refractivity contribution in [3.63, 3.8) is 0 Å². The van der Waals surface area contributed by atoms with Gasteiger partial charge in [-0.2, -0.15) is 0 Å². The molecule has 0 radical (unpaired) electrons. The van der Waals surface area contributed by atoms with Crippen molar-refractivity contribution in [1.82, 2.24) is 14.8 Å². The van der Waals surface area contributed by atoms with Gasteiger partial charge in [0, 0.05) is 54.9 Å². The number of sulfonamides is 1. The molecule has 1 aromatic heterocycles. The van der Waals surface area contributed by atoms with Gasteiger partial charge >= 0.3 is 0 Å². The van der Waals surface area contributed by atoms with Crippen LogP contribution in [-0.2, 0) is 16.6 Å². The molecule has 1 fully saturated rings. The summed E-state index contributed by atoms with van der Waals surface area (Å²) in [5.74, 6) is 0.131. The Labute approximate surface area is 233 Å². The minimum atomic E-state index is -3.97. The van der Waals surface area contributed by atoms with Gasteiger partial charge in [-0.1, -0.05) is 35.9 Å². The molecular weight excluding hydrogens is 536 g/mol. The molecular formula is C29H29ClN4O4S. The lowest BCUT2D eigenvalue weighted by Crippen LogP contribution is -2.48. The van der Waals surface area contributed by atoms with E-state index in [1.807, 2.05) is 19.1 Å². The smallest absolute Gasteiger partial charge is 0.264 e. The van der Waals surface area contributed by atoms with Gasteiger partial charge < -0.3 is 9.64 Å². The minimum Gasteiger partial charge on any atom is -0.495 e. The van der Waals surface area contributed by atoms with E-state index in [1.54, 1.807) is 53.6 Å². The third kappa shape index (κ3) is 6.00. The van der Waals surface area contributed by atoms with Crippen LogP contribution < -0.4 is 9.46 Å². The zero-order chi connectivity index (χ0) is 27.6. The van der Waals surface area contributed by atoms with Crippen LogP contribution in [0.4, 0.5) is 5.69 Å². The molecule has 0 spiro atoms. The first kappa shape index (κ1) is 26.9. The van der Waals surface area contributed by atoms with Gasteiger partial charge in [0.1, 0.15) is 10.6 Å². The number of amides is 1. The molecule has 202 valence electrons. The molecule has 1 N–H and O–H groups in total. The Morgan fingerprint density at radius 3 is 2.54 bits per heavy atom. The molecule has 8 nitrogen and oxygen atoms in total. The van der Waals surface area contributed by atoms with Crippen molar-refractivity contribution >= 4 is 44.1 Å². The Hall–Kier alpha value is -3.66. The summed E-state index contributed by atoms with van der Waals surface area (Å²) in [6.07, 6.45) is 1.56. The van der Waals surface area contributed by atoms with E-state index in [0.29, 0.717) is 24.2 Å². The molecule has 4 aromatic rings. The number of anilines is 1. The monoisotopic (exact) mass is 564 g/mol. The second kappa shape index (κ2) is 11.2. The van der Waals surface area contributed by atoms with Crippen LogP contribution in [0.3, 0.4) is 0 Å². The number of para-hydroxylation sites is 1. The summed E-state index contributed by atoms with van der Waals surface area (Å²) in [7, 11) is -2.52. The number of fused-ring (bicyclic) bond motifs is 1. The van der Waals surface area contributed by atoms with Crippen LogP contribution in [0.2, 0.25) is 5.02 Å². The van der Waals surface area contributed by atoms with E-state index in [-0.39, 0.29) is 22.2 Å². The van der Waals surface area contributed by atoms with Gasteiger partial charge in [0.15, 0.2) is 0 Å². The molecule has 0 atom stereocenters. The van der Waals surface area contributed by atoms with Crippen molar-refractivity contribution < 1.29 is 17.9 Å². The van der Waals surface area contributed by atoms with Crippen LogP contribution in [0, 0.1) is 6.92 Å². The van der Waals surface area contributed by atoms with Crippen LogP contribution in [0.1, 0.15) is 21.5 Å². The molecule has 0 saturated carbocycles. The van der Waals surface area contributed by atoms with E-state index in [0.717, 1.165) is 41.2 Å². The SMILES string of the molecule is COc1cc(C(=O)N2CCN(Cc3cc(C)cc(Cl)c3)CC2)ccc1NS(=O)(=O)c1cccc2cccnc12. The fourth-order valence-corrected chi connectivity index (χ4v) is 6.42. The number of hydrogen-bond acceptors (Lipinski definition) is 6. The number of halogens is 1. The summed E-state index contributed by atoms with van der Waals surface area (Å²) in [5, 5.41) is 1.45. The van der Waals surface area contributed by atoms with E-state index in [1.165, 1.54) is 13.2 Å². The van der Waals surface area contributed by atoms with E-state index < -0.39 is 10.0 Å². The maximum atomic E-state index is 13.3. The number of pyridine rings is 1. The molecule has 0 unspecified atom stereocenters. The number of benzene rings is 3. The molecule has 5 rings (SSSR count). The van der Waals surface area contributed by atoms with Crippen molar-refractivity contribution in [1.29, 1.82) is 0 Å². The van der Waals surface area contributed by atoms with E-state index >= 15 is 0 Å². The number of methoxy groups -OCH3 is 1. The van der Waals surface area contributed by atoms with E-state index in [2.05, 4.69) is 20.7 Å². The maximum absolute atomic E-state index is 13.3. The fourth-order valence-electron chi connectivity index (χ4n) is 4.85. The molecule has 10 heteroatoms. The summed E-state index contributed by atoms with van der Waals surface area (Å²) < 4.78 is 34.6. The number of nitrogens with one attached hydrogen (secondary N) is 1. The standard InChI is InChI=1S/C29H29ClN4O4S/c1-20-15-21(17-24(30)16-20)19-33-11-13-34(14-12-33)29(35)23-8-9-25(26(18-23)38-2)32-39(36,37)27-7-3-5-22-6-4-10-31-28(22)27/h3-10,15-18,32H,11-14,19H2,1-2H3. The predicted molar refractivity (Wildman–Crippen MR) is 153 cm³/mol. The quantitative estimate of drug-likeness (QED) is 0.341. The van der Waals surface area contributed by atoms with Crippen molar-refractivity contribution in [3.05, 3.63) is 94.6 Å². The third-order valence-corrected chi connectivity index (χ3v) is 8.36. The number of ether oxygens (including phenoxy) is 1. The number of carbonyl (C=O) groups excluding carboxylic acids is 1. The van der Waals surface area contributed by atoms with Gasteiger partial charge in [-0.05, 0) is 60.5 Å². The minimum absolute atomic E-state index is 0.0635. The van der Waals surface area contributed by atoms with Crippen molar-refractivity contribution in [2.75, 3.05) is 38.0 Å². The van der Waals surface area contributed by atoms with Crippen LogP contribution in [0.25, 0.3) is 10.9 Å². The van der Waals surface area contributed by atoms with E-state index in [4.69, 9.17) is 16.3 Å². The Morgan fingerprint density at radius 2 is 1.79 bits per heavy atom. The van der Waals surface area contributed by atoms with Gasteiger partial charge in [0.2, 0.25) is 0 Å². The lowest BCUT2D eigenvalue weighted by atomic mass is 10.1. The normalized spacial score (nSPS) is 14.4. The van der Waals surface area contributed by atoms with Crippen molar-refractivity contribution in [2.45, 2.75) is 18.4 Å². The molecule has 1 aliphatic rings. The Bertz CT molecular complexity index is 1610. The highest BCUT2D eigenvalue weighted by molar-refractivity contribution is 7.93. The fraction of sp³-hybridized carbons (Fsp3) is 0.241. The Kier molecular flexibility index (Phi) is 7.74. The number of carbonyl (C=O) groups is 1. The van der Waals surface area contributed by atoms with Crippen LogP contribution in [-0.4, -0.2) is 62.4 Å². The zero-order valence-corrected chi connectivity index (χ0v) is 23.3. The summed E-state index contributed by atoms with van der Waals surface area (Å²) in [6, 6.07) is 19.3. The zero-order valence-electron chi connectivity index (χ0n) is 21.7. The van der Waals surface area contributed by atoms with Crippen LogP contribution >= 0.6 is 11.6 Å². The summed E-state index contributed by atoms with van der Waals surface area (Å²) in [6.45, 7) is 5.46. The first-order chi connectivity index (χ1) is 18.7. The highest BCUT2D eigenvalue weighted by atomic mass is 35.5. The number of hydrogen-bond donors (Lipinski definition) is 1. The Morgan fingerprint density at radius 1 is 1.03 bits per heavy atom. The number of aromatic nitrogens is 1. The number of rotatable bonds is 7. The average Bonchev–Trinajstić information content (AvgIpc) is 2.92. The summed E-state index contributed by atoms with van der Waals surface area (Å²) in [5.41, 5.74) is 3.33. The first-order valence-corrected chi connectivity index (χ1v) is 14.4. The molecule has 39 heavy (non-hydrogen) atoms. The van der Waals surface area contributed by atoms with Gasteiger partial charge in [0.25, 0.3) is 15.9 Å². The molecule has 0 bridgehead atoms. The first-order valence-electron chi connectivity index (χ1n) is 12.6. The number of nitrogens with zero attached hydrogens (tertiary/aromatic N) is 3. The molecule has 1 saturated heterocycles. The number of piperazine rings is 1. The highest BCUT2D eigenvalue weighted by Gasteiger charge is 2.25. The predicted octanol–water partition coefficient (Wildman–Crippen LogP) is 4.96. The largest absolute Gasteiger partial charge is 0.495 e. The second-order valence-corrected chi connectivity index (χ2v) is 11.6. The van der Waals surface area contributed by atoms with Crippen molar-refractivity contribution in [3.8, 4) is 5.75 Å². The Balaban J connectivity index is 1.28. The third-order valence-electron chi connectivity index (χ3n) is 6.75. The summed E-state index contributed by atoms with van der Waals surface area (Å²) in [4.78, 5) is 21.7. The molecule has 0 aliphatic carbocycles. The van der Waals surface area contributed by atoms with Crippen LogP contribution in [0.5, 0.6) is 5.75 Å². The van der Waals surface area contributed by atoms with Crippen molar-refractivity contribution in [2.24, 2.45) is 0 Å². The average molecular weight is 565 g/mol. The number of aryl methyl sites for hydroxylation is 1. The summed E-state index contributed by atoms with van der Waals surface area (Å²) >= 11 is 6.20. The molecule has 1 amide bonds. The lowest BCUT2D eigenvalue weighted by molar-refractivity contribution is 0.0628. The topological polar surface area (TPSA) is 91.8 Å². The molecule has 2 heterocycles. The highest BCUT2D eigenvalue weighted by Crippen LogP contribution is 2.30. The maximum Gasteiger partial charge on any atom is 0.264 e. The van der Waals surface area contributed by atoms with Crippen LogP contribution in [0.15, 0.2) is 77.8 Å². The lowest BCUT2D eigenvalue weighted by Gasteiger charge is -2.35. The van der Waals surface area contributed by atoms with Gasteiger partial charge in [-0.15, -0.1) is 0 Å². The second-order valence-electron chi connectivity index (χ2n) is 9.56.